The second-order valence-corrected chi connectivity index (χ2v) is 6.08. The molecule has 30 heavy (non-hydrogen) atoms. The maximum atomic E-state index is 14.3. The number of nitrogens with two attached hydrogens (primary N) is 1. The predicted molar refractivity (Wildman–Crippen MR) is 95.9 cm³/mol. The van der Waals surface area contributed by atoms with Crippen molar-refractivity contribution in [2.24, 2.45) is 5.73 Å². The molecular formula is C18H13F4N5O3. The number of carbonyl (C=O) groups is 1. The molecule has 0 saturated carbocycles. The van der Waals surface area contributed by atoms with E-state index in [-0.39, 0.29) is 29.2 Å². The van der Waals surface area contributed by atoms with Gasteiger partial charge in [-0.25, -0.2) is 9.18 Å². The molecule has 8 nitrogen and oxygen atoms in total. The number of hydrogen-bond donors (Lipinski definition) is 3. The van der Waals surface area contributed by atoms with E-state index in [1.807, 2.05) is 0 Å². The third-order valence-electron chi connectivity index (χ3n) is 3.99. The molecule has 2 heterocycles. The molecule has 0 saturated heterocycles. The number of carboxylic acids is 1. The number of nitrogens with zero attached hydrogens (tertiary/aromatic N) is 3. The first kappa shape index (κ1) is 20.8. The van der Waals surface area contributed by atoms with Gasteiger partial charge in [0.25, 0.3) is 0 Å². The van der Waals surface area contributed by atoms with Crippen LogP contribution in [0.3, 0.4) is 0 Å². The Labute approximate surface area is 165 Å². The second-order valence-electron chi connectivity index (χ2n) is 6.08. The first-order chi connectivity index (χ1) is 14.1. The summed E-state index contributed by atoms with van der Waals surface area (Å²) in [6.07, 6.45) is -3.39. The van der Waals surface area contributed by atoms with Crippen LogP contribution < -0.4 is 5.73 Å². The van der Waals surface area contributed by atoms with Crippen LogP contribution in [0.5, 0.6) is 0 Å². The molecule has 0 atom stereocenters. The molecule has 3 aromatic rings. The van der Waals surface area contributed by atoms with E-state index in [0.29, 0.717) is 17.5 Å². The Bertz CT molecular complexity index is 1130. The Hall–Kier alpha value is -3.96. The Kier molecular flexibility index (Phi) is 5.41. The van der Waals surface area contributed by atoms with Gasteiger partial charge >= 0.3 is 12.1 Å². The molecule has 0 bridgehead atoms. The quantitative estimate of drug-likeness (QED) is 0.242. The molecular weight excluding hydrogens is 410 g/mol. The zero-order valence-electron chi connectivity index (χ0n) is 14.9. The molecule has 1 aromatic carbocycles. The summed E-state index contributed by atoms with van der Waals surface area (Å²) in [5.74, 6) is -3.26. The Morgan fingerprint density at radius 3 is 2.60 bits per heavy atom. The lowest BCUT2D eigenvalue weighted by atomic mass is 10.1. The van der Waals surface area contributed by atoms with Crippen molar-refractivity contribution in [2.75, 3.05) is 0 Å². The maximum Gasteiger partial charge on any atom is 0.423 e. The van der Waals surface area contributed by atoms with Gasteiger partial charge in [0.05, 0.1) is 12.2 Å². The van der Waals surface area contributed by atoms with Crippen LogP contribution in [-0.4, -0.2) is 38.0 Å². The fourth-order valence-corrected chi connectivity index (χ4v) is 2.62. The minimum atomic E-state index is -5.08. The van der Waals surface area contributed by atoms with Crippen molar-refractivity contribution in [3.63, 3.8) is 0 Å². The summed E-state index contributed by atoms with van der Waals surface area (Å²) in [6.45, 7) is -0.253. The number of hydrogen-bond acceptors (Lipinski definition) is 5. The first-order valence-corrected chi connectivity index (χ1v) is 8.20. The molecule has 0 aliphatic heterocycles. The summed E-state index contributed by atoms with van der Waals surface area (Å²) >= 11 is 0. The average molecular weight is 423 g/mol. The zero-order chi connectivity index (χ0) is 22.1. The molecule has 0 aliphatic rings. The number of rotatable bonds is 6. The number of amidine groups is 1. The van der Waals surface area contributed by atoms with Gasteiger partial charge in [-0.05, 0) is 29.8 Å². The van der Waals surface area contributed by atoms with Gasteiger partial charge in [-0.1, -0.05) is 11.2 Å². The number of aliphatic carboxylic acids is 1. The van der Waals surface area contributed by atoms with E-state index in [4.69, 9.17) is 20.8 Å². The van der Waals surface area contributed by atoms with Gasteiger partial charge in [0, 0.05) is 11.6 Å². The van der Waals surface area contributed by atoms with E-state index in [2.05, 4.69) is 10.3 Å². The minimum absolute atomic E-state index is 0.0707. The number of nitrogens with one attached hydrogen (secondary N) is 1. The van der Waals surface area contributed by atoms with Gasteiger partial charge in [-0.2, -0.15) is 18.3 Å². The highest BCUT2D eigenvalue weighted by Crippen LogP contribution is 2.28. The highest BCUT2D eigenvalue weighted by molar-refractivity contribution is 5.94. The normalized spacial score (nSPS) is 12.2. The van der Waals surface area contributed by atoms with Crippen LogP contribution in [-0.2, 0) is 11.3 Å². The summed E-state index contributed by atoms with van der Waals surface area (Å²) < 4.78 is 59.0. The zero-order valence-corrected chi connectivity index (χ0v) is 14.9. The van der Waals surface area contributed by atoms with E-state index in [0.717, 1.165) is 18.2 Å². The fraction of sp³-hybridized carbons (Fsp3) is 0.111. The Balaban J connectivity index is 2.03. The summed E-state index contributed by atoms with van der Waals surface area (Å²) in [4.78, 5) is 10.9. The van der Waals surface area contributed by atoms with Gasteiger partial charge in [0.1, 0.15) is 34.9 Å². The molecule has 0 unspecified atom stereocenters. The van der Waals surface area contributed by atoms with E-state index in [1.165, 1.54) is 23.1 Å². The lowest BCUT2D eigenvalue weighted by Crippen LogP contribution is -2.19. The third-order valence-corrected chi connectivity index (χ3v) is 3.99. The Morgan fingerprint density at radius 2 is 2.03 bits per heavy atom. The van der Waals surface area contributed by atoms with Crippen LogP contribution >= 0.6 is 0 Å². The van der Waals surface area contributed by atoms with Gasteiger partial charge in [-0.15, -0.1) is 0 Å². The van der Waals surface area contributed by atoms with Crippen LogP contribution in [0.25, 0.3) is 17.5 Å². The van der Waals surface area contributed by atoms with Crippen LogP contribution in [0.15, 0.2) is 46.7 Å². The van der Waals surface area contributed by atoms with Crippen molar-refractivity contribution in [1.82, 2.24) is 14.9 Å². The second kappa shape index (κ2) is 7.81. The number of benzene rings is 1. The van der Waals surface area contributed by atoms with Gasteiger partial charge in [-0.3, -0.25) is 10.1 Å². The molecule has 156 valence electrons. The van der Waals surface area contributed by atoms with Crippen LogP contribution in [0.4, 0.5) is 17.6 Å². The number of alkyl halides is 3. The lowest BCUT2D eigenvalue weighted by molar-refractivity contribution is -0.144. The molecule has 3 rings (SSSR count). The molecule has 12 heteroatoms. The van der Waals surface area contributed by atoms with Crippen LogP contribution in [0, 0.1) is 11.2 Å². The first-order valence-electron chi connectivity index (χ1n) is 8.20. The molecule has 0 radical (unpaired) electrons. The number of carboxylic acid groups (broad SMARTS) is 1. The molecule has 4 N–H and O–H groups in total. The molecule has 0 fully saturated rings. The van der Waals surface area contributed by atoms with Gasteiger partial charge < -0.3 is 15.4 Å². The standard InChI is InChI=1S/C18H13F4N5O3/c19-12-2-1-9(6-11(17(28)29)18(20,21)22)5-10(12)8-27-15(13-3-4-30-26-13)7-14(25-27)16(23)24/h1-7H,8H2,(H3,23,24)(H,28,29)/b11-6+. The van der Waals surface area contributed by atoms with Crippen molar-refractivity contribution < 1.29 is 32.0 Å². The van der Waals surface area contributed by atoms with Crippen molar-refractivity contribution in [2.45, 2.75) is 12.7 Å². The van der Waals surface area contributed by atoms with Crippen molar-refractivity contribution in [1.29, 1.82) is 5.41 Å². The molecule has 0 aliphatic carbocycles. The summed E-state index contributed by atoms with van der Waals surface area (Å²) in [5, 5.41) is 24.2. The lowest BCUT2D eigenvalue weighted by Gasteiger charge is -2.10. The topological polar surface area (TPSA) is 131 Å². The van der Waals surface area contributed by atoms with Gasteiger partial charge in [0.2, 0.25) is 0 Å². The molecule has 2 aromatic heterocycles. The molecule has 0 spiro atoms. The van der Waals surface area contributed by atoms with Crippen LogP contribution in [0.2, 0.25) is 0 Å². The van der Waals surface area contributed by atoms with E-state index >= 15 is 0 Å². The molecule has 0 amide bonds. The van der Waals surface area contributed by atoms with Crippen molar-refractivity contribution >= 4 is 17.9 Å². The van der Waals surface area contributed by atoms with E-state index in [1.54, 1.807) is 0 Å². The highest BCUT2D eigenvalue weighted by atomic mass is 19.4. The number of nitrogen functional groups attached to an aromatic ring is 1. The predicted octanol–water partition coefficient (Wildman–Crippen LogP) is 3.04. The largest absolute Gasteiger partial charge is 0.478 e. The average Bonchev–Trinajstić information content (AvgIpc) is 3.30. The number of aromatic nitrogens is 3. The van der Waals surface area contributed by atoms with Crippen LogP contribution in [0.1, 0.15) is 16.8 Å². The summed E-state index contributed by atoms with van der Waals surface area (Å²) in [5.41, 5.74) is 4.14. The van der Waals surface area contributed by atoms with Crippen molar-refractivity contribution in [3.05, 3.63) is 64.8 Å². The SMILES string of the molecule is N=C(N)c1cc(-c2ccon2)n(Cc2cc(/C=C(\C(=O)O)C(F)(F)F)ccc2F)n1. The Morgan fingerprint density at radius 1 is 1.30 bits per heavy atom. The highest BCUT2D eigenvalue weighted by Gasteiger charge is 2.38. The summed E-state index contributed by atoms with van der Waals surface area (Å²) in [7, 11) is 0. The van der Waals surface area contributed by atoms with E-state index < -0.39 is 23.5 Å². The monoisotopic (exact) mass is 423 g/mol. The van der Waals surface area contributed by atoms with Crippen molar-refractivity contribution in [3.8, 4) is 11.4 Å². The summed E-state index contributed by atoms with van der Waals surface area (Å²) in [6, 6.07) is 5.94. The van der Waals surface area contributed by atoms with Gasteiger partial charge in [0.15, 0.2) is 0 Å². The third kappa shape index (κ3) is 4.37. The maximum absolute atomic E-state index is 14.3. The fourth-order valence-electron chi connectivity index (χ4n) is 2.62. The smallest absolute Gasteiger partial charge is 0.423 e. The minimum Gasteiger partial charge on any atom is -0.478 e. The number of halogens is 4. The van der Waals surface area contributed by atoms with E-state index in [9.17, 15) is 22.4 Å².